The topological polar surface area (TPSA) is 63.6 Å². The number of fused-ring (bicyclic) bond motifs is 3. The second kappa shape index (κ2) is 6.91. The molecule has 1 aliphatic carbocycles. The average Bonchev–Trinajstić information content (AvgIpc) is 3.34. The summed E-state index contributed by atoms with van der Waals surface area (Å²) in [6, 6.07) is 14.4. The maximum atomic E-state index is 12.8. The number of pyridine rings is 1. The van der Waals surface area contributed by atoms with Crippen molar-refractivity contribution >= 4 is 28.4 Å². The van der Waals surface area contributed by atoms with Gasteiger partial charge in [-0.25, -0.2) is 4.98 Å². The van der Waals surface area contributed by atoms with Crippen LogP contribution in [0, 0.1) is 6.92 Å². The molecule has 31 heavy (non-hydrogen) atoms. The second-order valence-electron chi connectivity index (χ2n) is 8.19. The summed E-state index contributed by atoms with van der Waals surface area (Å²) in [6.45, 7) is 3.48. The zero-order valence-corrected chi connectivity index (χ0v) is 17.2. The zero-order chi connectivity index (χ0) is 20.9. The maximum Gasteiger partial charge on any atom is 0.237 e. The van der Waals surface area contributed by atoms with Crippen LogP contribution in [0.2, 0.25) is 0 Å². The van der Waals surface area contributed by atoms with Crippen molar-refractivity contribution in [2.75, 3.05) is 18.5 Å². The first-order valence-corrected chi connectivity index (χ1v) is 10.6. The first-order chi connectivity index (χ1) is 15.2. The predicted molar refractivity (Wildman–Crippen MR) is 122 cm³/mol. The van der Waals surface area contributed by atoms with E-state index in [2.05, 4.69) is 41.5 Å². The van der Waals surface area contributed by atoms with Gasteiger partial charge < -0.3 is 10.1 Å². The number of aromatic nitrogens is 1. The molecule has 5 nitrogen and oxygen atoms in total. The lowest BCUT2D eigenvalue weighted by Gasteiger charge is -2.21. The highest BCUT2D eigenvalue weighted by atomic mass is 16.5. The summed E-state index contributed by atoms with van der Waals surface area (Å²) in [5.41, 5.74) is 10.1. The van der Waals surface area contributed by atoms with E-state index in [-0.39, 0.29) is 5.78 Å². The van der Waals surface area contributed by atoms with E-state index in [0.29, 0.717) is 18.9 Å². The number of aliphatic imine (C=N–C) groups is 1. The van der Waals surface area contributed by atoms with E-state index in [1.807, 2.05) is 30.5 Å². The number of ether oxygens (including phenoxy) is 1. The summed E-state index contributed by atoms with van der Waals surface area (Å²) in [5.74, 6) is 0.810. The molecule has 1 N–H and O–H groups in total. The molecule has 2 aromatic carbocycles. The fourth-order valence-electron chi connectivity index (χ4n) is 4.65. The third kappa shape index (κ3) is 2.96. The van der Waals surface area contributed by atoms with E-state index in [0.717, 1.165) is 63.4 Å². The molecule has 0 spiro atoms. The van der Waals surface area contributed by atoms with E-state index in [1.165, 1.54) is 5.56 Å². The number of hydrogen-bond acceptors (Lipinski definition) is 5. The third-order valence-corrected chi connectivity index (χ3v) is 6.25. The van der Waals surface area contributed by atoms with E-state index < -0.39 is 0 Å². The van der Waals surface area contributed by atoms with Gasteiger partial charge in [-0.05, 0) is 52.9 Å². The molecule has 5 heteroatoms. The summed E-state index contributed by atoms with van der Waals surface area (Å²) in [7, 11) is 0. The standard InChI is InChI=1S/C26H21N3O2/c1-15-22(14-28-26-25(15)27-8-9-31-26)16-6-7-17-12-24(30)21(20(17)11-16)13-19-10-18-4-2-3-5-23(18)29-19/h2-7,11,13-14,27H,8-10,12H2,1H3/b21-13-. The van der Waals surface area contributed by atoms with Crippen LogP contribution in [0.15, 0.2) is 59.7 Å². The van der Waals surface area contributed by atoms with Crippen molar-refractivity contribution in [1.29, 1.82) is 0 Å². The molecule has 3 aromatic rings. The van der Waals surface area contributed by atoms with Gasteiger partial charge in [0.25, 0.3) is 0 Å². The molecule has 0 saturated carbocycles. The Labute approximate surface area is 180 Å². The van der Waals surface area contributed by atoms with Crippen LogP contribution in [0.5, 0.6) is 5.88 Å². The van der Waals surface area contributed by atoms with Crippen LogP contribution < -0.4 is 10.1 Å². The van der Waals surface area contributed by atoms with E-state index in [1.54, 1.807) is 0 Å². The fraction of sp³-hybridized carbons (Fsp3) is 0.192. The molecule has 0 fully saturated rings. The number of allylic oxidation sites excluding steroid dienone is 2. The number of hydrogen-bond donors (Lipinski definition) is 1. The Hall–Kier alpha value is -3.73. The lowest BCUT2D eigenvalue weighted by atomic mass is 9.96. The number of nitrogens with zero attached hydrogens (tertiary/aromatic N) is 2. The highest BCUT2D eigenvalue weighted by Gasteiger charge is 2.27. The molecule has 6 rings (SSSR count). The number of carbonyl (C=O) groups excluding carboxylic acids is 1. The Morgan fingerprint density at radius 3 is 2.87 bits per heavy atom. The predicted octanol–water partition coefficient (Wildman–Crippen LogP) is 4.70. The Bertz CT molecular complexity index is 1320. The summed E-state index contributed by atoms with van der Waals surface area (Å²) in [6.07, 6.45) is 5.05. The molecule has 0 bridgehead atoms. The SMILES string of the molecule is Cc1c(-c2ccc3c(c2)/C(=C/C2=Nc4ccccc4C2)C(=O)C3)cnc2c1NCCO2. The number of Topliss-reactive ketones (excluding diaryl/α,β-unsaturated/α-hetero) is 1. The number of nitrogens with one attached hydrogen (secondary N) is 1. The largest absolute Gasteiger partial charge is 0.474 e. The molecule has 3 heterocycles. The monoisotopic (exact) mass is 407 g/mol. The van der Waals surface area contributed by atoms with Gasteiger partial charge in [0.05, 0.1) is 5.69 Å². The van der Waals surface area contributed by atoms with Gasteiger partial charge in [-0.3, -0.25) is 9.79 Å². The van der Waals surface area contributed by atoms with Crippen molar-refractivity contribution in [1.82, 2.24) is 4.98 Å². The number of benzene rings is 2. The highest BCUT2D eigenvalue weighted by Crippen LogP contribution is 2.39. The lowest BCUT2D eigenvalue weighted by molar-refractivity contribution is -0.112. The van der Waals surface area contributed by atoms with Crippen molar-refractivity contribution in [3.63, 3.8) is 0 Å². The number of carbonyl (C=O) groups is 1. The molecule has 0 radical (unpaired) electrons. The van der Waals surface area contributed by atoms with Crippen LogP contribution >= 0.6 is 0 Å². The van der Waals surface area contributed by atoms with Crippen LogP contribution in [-0.2, 0) is 17.6 Å². The van der Waals surface area contributed by atoms with Gasteiger partial charge in [-0.15, -0.1) is 0 Å². The summed E-state index contributed by atoms with van der Waals surface area (Å²) in [5, 5.41) is 3.40. The minimum absolute atomic E-state index is 0.154. The van der Waals surface area contributed by atoms with Crippen molar-refractivity contribution in [2.24, 2.45) is 4.99 Å². The first kappa shape index (κ1) is 18.1. The molecule has 3 aliphatic rings. The molecular formula is C26H21N3O2. The normalized spacial score (nSPS) is 17.5. The van der Waals surface area contributed by atoms with Crippen LogP contribution in [0.4, 0.5) is 11.4 Å². The number of para-hydroxylation sites is 1. The van der Waals surface area contributed by atoms with E-state index in [4.69, 9.17) is 9.73 Å². The van der Waals surface area contributed by atoms with Gasteiger partial charge in [0, 0.05) is 42.4 Å². The Kier molecular flexibility index (Phi) is 4.03. The van der Waals surface area contributed by atoms with E-state index in [9.17, 15) is 4.79 Å². The quantitative estimate of drug-likeness (QED) is 0.626. The maximum absolute atomic E-state index is 12.8. The summed E-state index contributed by atoms with van der Waals surface area (Å²) in [4.78, 5) is 22.1. The Balaban J connectivity index is 1.40. The minimum atomic E-state index is 0.154. The first-order valence-electron chi connectivity index (χ1n) is 10.6. The van der Waals surface area contributed by atoms with Gasteiger partial charge in [-0.1, -0.05) is 30.3 Å². The average molecular weight is 407 g/mol. The van der Waals surface area contributed by atoms with Crippen LogP contribution in [0.25, 0.3) is 16.7 Å². The number of anilines is 1. The summed E-state index contributed by atoms with van der Waals surface area (Å²) < 4.78 is 5.66. The Morgan fingerprint density at radius 1 is 1.06 bits per heavy atom. The van der Waals surface area contributed by atoms with Crippen LogP contribution in [-0.4, -0.2) is 29.6 Å². The van der Waals surface area contributed by atoms with Gasteiger partial charge in [-0.2, -0.15) is 0 Å². The molecule has 1 aromatic heterocycles. The Morgan fingerprint density at radius 2 is 1.97 bits per heavy atom. The number of rotatable bonds is 2. The molecular weight excluding hydrogens is 386 g/mol. The van der Waals surface area contributed by atoms with Gasteiger partial charge in [0.1, 0.15) is 12.3 Å². The van der Waals surface area contributed by atoms with Gasteiger partial charge in [0.15, 0.2) is 5.78 Å². The lowest BCUT2D eigenvalue weighted by Crippen LogP contribution is -2.20. The molecule has 0 amide bonds. The smallest absolute Gasteiger partial charge is 0.237 e. The highest BCUT2D eigenvalue weighted by molar-refractivity contribution is 6.29. The van der Waals surface area contributed by atoms with Crippen LogP contribution in [0.3, 0.4) is 0 Å². The number of ketones is 1. The molecule has 0 unspecified atom stereocenters. The van der Waals surface area contributed by atoms with Gasteiger partial charge in [0.2, 0.25) is 5.88 Å². The van der Waals surface area contributed by atoms with Crippen molar-refractivity contribution in [3.8, 4) is 17.0 Å². The summed E-state index contributed by atoms with van der Waals surface area (Å²) >= 11 is 0. The molecule has 2 aliphatic heterocycles. The molecule has 152 valence electrons. The van der Waals surface area contributed by atoms with Crippen molar-refractivity contribution < 1.29 is 9.53 Å². The van der Waals surface area contributed by atoms with Crippen molar-refractivity contribution in [3.05, 3.63) is 77.0 Å². The van der Waals surface area contributed by atoms with E-state index >= 15 is 0 Å². The van der Waals surface area contributed by atoms with Crippen LogP contribution in [0.1, 0.15) is 22.3 Å². The molecule has 0 atom stereocenters. The minimum Gasteiger partial charge on any atom is -0.474 e. The second-order valence-corrected chi connectivity index (χ2v) is 8.19. The zero-order valence-electron chi connectivity index (χ0n) is 17.2. The van der Waals surface area contributed by atoms with Gasteiger partial charge >= 0.3 is 0 Å². The fourth-order valence-corrected chi connectivity index (χ4v) is 4.65. The molecule has 0 saturated heterocycles. The third-order valence-electron chi connectivity index (χ3n) is 6.25. The van der Waals surface area contributed by atoms with Crippen molar-refractivity contribution in [2.45, 2.75) is 19.8 Å².